The summed E-state index contributed by atoms with van der Waals surface area (Å²) in [5.74, 6) is 0.439. The van der Waals surface area contributed by atoms with Crippen LogP contribution in [0, 0.1) is 6.92 Å². The van der Waals surface area contributed by atoms with Crippen molar-refractivity contribution in [2.24, 2.45) is 0 Å². The quantitative estimate of drug-likeness (QED) is 0.563. The molecule has 0 saturated heterocycles. The average molecular weight is 473 g/mol. The highest BCUT2D eigenvalue weighted by Gasteiger charge is 2.34. The number of rotatable bonds is 5. The Bertz CT molecular complexity index is 1270. The fourth-order valence-corrected chi connectivity index (χ4v) is 3.74. The number of carbonyl (C=O) groups is 1. The van der Waals surface area contributed by atoms with Gasteiger partial charge in [0.2, 0.25) is 5.43 Å². The topological polar surface area (TPSA) is 73.7 Å². The summed E-state index contributed by atoms with van der Waals surface area (Å²) in [4.78, 5) is 27.2. The van der Waals surface area contributed by atoms with Crippen LogP contribution in [0.4, 0.5) is 13.2 Å². The molecule has 0 aliphatic carbocycles. The summed E-state index contributed by atoms with van der Waals surface area (Å²) in [7, 11) is 0. The van der Waals surface area contributed by atoms with E-state index in [4.69, 9.17) is 9.47 Å². The number of likely N-dealkylation sites (N-methyl/N-ethyl adjacent to an activating group) is 1. The van der Waals surface area contributed by atoms with Gasteiger partial charge >= 0.3 is 6.18 Å². The second-order valence-electron chi connectivity index (χ2n) is 7.77. The Balaban J connectivity index is 1.64. The van der Waals surface area contributed by atoms with E-state index in [2.05, 4.69) is 5.10 Å². The largest absolute Gasteiger partial charge is 0.486 e. The molecular formula is C24H22F3N3O4. The predicted molar refractivity (Wildman–Crippen MR) is 118 cm³/mol. The van der Waals surface area contributed by atoms with Crippen LogP contribution >= 0.6 is 0 Å². The third-order valence-electron chi connectivity index (χ3n) is 5.41. The summed E-state index contributed by atoms with van der Waals surface area (Å²) in [5.41, 5.74) is -2.17. The Morgan fingerprint density at radius 3 is 2.53 bits per heavy atom. The summed E-state index contributed by atoms with van der Waals surface area (Å²) in [5, 5.41) is 4.05. The standard InChI is InChI=1S/C24H22F3N3O4/c1-3-29(13-16-14-33-20-10-6-7-11-21(20)34-16)23(32)22-19(31)12-15(2)30(28-22)18-9-5-4-8-17(18)24(25,26)27/h4-12,16H,3,13-14H2,1-2H3. The number of alkyl halides is 3. The molecule has 1 aromatic heterocycles. The van der Waals surface area contributed by atoms with Crippen LogP contribution in [-0.4, -0.2) is 46.4 Å². The SMILES string of the molecule is CCN(CC1COc2ccccc2O1)C(=O)c1nn(-c2ccccc2C(F)(F)F)c(C)cc1=O. The number of hydrogen-bond acceptors (Lipinski definition) is 5. The zero-order chi connectivity index (χ0) is 24.5. The number of amides is 1. The highest BCUT2D eigenvalue weighted by molar-refractivity contribution is 5.92. The highest BCUT2D eigenvalue weighted by Crippen LogP contribution is 2.34. The minimum absolute atomic E-state index is 0.109. The molecule has 0 radical (unpaired) electrons. The van der Waals surface area contributed by atoms with Crippen molar-refractivity contribution in [3.05, 3.63) is 81.8 Å². The molecule has 10 heteroatoms. The van der Waals surface area contributed by atoms with Crippen LogP contribution in [0.2, 0.25) is 0 Å². The van der Waals surface area contributed by atoms with Gasteiger partial charge in [0, 0.05) is 18.3 Å². The number of nitrogens with zero attached hydrogens (tertiary/aromatic N) is 3. The van der Waals surface area contributed by atoms with Crippen molar-refractivity contribution in [1.82, 2.24) is 14.7 Å². The van der Waals surface area contributed by atoms with Crippen LogP contribution in [0.15, 0.2) is 59.4 Å². The molecule has 0 N–H and O–H groups in total. The summed E-state index contributed by atoms with van der Waals surface area (Å²) in [6, 6.07) is 13.1. The number of hydrogen-bond donors (Lipinski definition) is 0. The number of aromatic nitrogens is 2. The van der Waals surface area contributed by atoms with E-state index in [-0.39, 0.29) is 31.1 Å². The molecule has 0 spiro atoms. The van der Waals surface area contributed by atoms with Crippen molar-refractivity contribution in [2.75, 3.05) is 19.7 Å². The minimum atomic E-state index is -4.64. The van der Waals surface area contributed by atoms with Crippen LogP contribution in [0.1, 0.15) is 28.7 Å². The number of fused-ring (bicyclic) bond motifs is 1. The third kappa shape index (κ3) is 4.61. The molecule has 1 unspecified atom stereocenters. The summed E-state index contributed by atoms with van der Waals surface area (Å²) >= 11 is 0. The van der Waals surface area contributed by atoms with E-state index in [1.165, 1.54) is 30.0 Å². The van der Waals surface area contributed by atoms with Crippen LogP contribution in [-0.2, 0) is 6.18 Å². The average Bonchev–Trinajstić information content (AvgIpc) is 2.81. The first kappa shape index (κ1) is 23.3. The van der Waals surface area contributed by atoms with E-state index in [0.717, 1.165) is 16.8 Å². The molecule has 1 atom stereocenters. The zero-order valence-corrected chi connectivity index (χ0v) is 18.5. The molecule has 178 valence electrons. The Kier molecular flexibility index (Phi) is 6.32. The van der Waals surface area contributed by atoms with Gasteiger partial charge in [0.25, 0.3) is 5.91 Å². The van der Waals surface area contributed by atoms with Gasteiger partial charge < -0.3 is 14.4 Å². The van der Waals surface area contributed by atoms with E-state index in [0.29, 0.717) is 11.5 Å². The predicted octanol–water partition coefficient (Wildman–Crippen LogP) is 3.86. The normalized spacial score (nSPS) is 15.1. The van der Waals surface area contributed by atoms with Gasteiger partial charge in [-0.05, 0) is 38.1 Å². The third-order valence-corrected chi connectivity index (χ3v) is 5.41. The number of benzene rings is 2. The maximum atomic E-state index is 13.5. The van der Waals surface area contributed by atoms with Gasteiger partial charge in [0.1, 0.15) is 6.61 Å². The maximum Gasteiger partial charge on any atom is 0.418 e. The second kappa shape index (κ2) is 9.20. The smallest absolute Gasteiger partial charge is 0.418 e. The molecule has 2 aromatic carbocycles. The number of ether oxygens (including phenoxy) is 2. The molecule has 1 aliphatic heterocycles. The van der Waals surface area contributed by atoms with Crippen LogP contribution in [0.3, 0.4) is 0 Å². The van der Waals surface area contributed by atoms with Crippen molar-refractivity contribution in [3.63, 3.8) is 0 Å². The van der Waals surface area contributed by atoms with Gasteiger partial charge in [-0.3, -0.25) is 9.59 Å². The molecule has 0 bridgehead atoms. The molecule has 1 amide bonds. The van der Waals surface area contributed by atoms with Crippen LogP contribution in [0.25, 0.3) is 5.69 Å². The maximum absolute atomic E-state index is 13.5. The Morgan fingerprint density at radius 1 is 1.15 bits per heavy atom. The molecule has 3 aromatic rings. The number of aryl methyl sites for hydroxylation is 1. The van der Waals surface area contributed by atoms with E-state index < -0.39 is 34.9 Å². The Labute approximate surface area is 193 Å². The van der Waals surface area contributed by atoms with Crippen molar-refractivity contribution in [3.8, 4) is 17.2 Å². The first-order chi connectivity index (χ1) is 16.2. The molecule has 1 aliphatic rings. The van der Waals surface area contributed by atoms with E-state index in [1.54, 1.807) is 25.1 Å². The van der Waals surface area contributed by atoms with Gasteiger partial charge in [0.05, 0.1) is 17.8 Å². The molecule has 4 rings (SSSR count). The van der Waals surface area contributed by atoms with Crippen molar-refractivity contribution in [1.29, 1.82) is 0 Å². The zero-order valence-electron chi connectivity index (χ0n) is 18.5. The lowest BCUT2D eigenvalue weighted by molar-refractivity contribution is -0.137. The molecule has 0 saturated carbocycles. The van der Waals surface area contributed by atoms with Gasteiger partial charge in [-0.1, -0.05) is 24.3 Å². The van der Waals surface area contributed by atoms with Gasteiger partial charge in [-0.25, -0.2) is 4.68 Å². The number of carbonyl (C=O) groups excluding carboxylic acids is 1. The van der Waals surface area contributed by atoms with E-state index in [1.807, 2.05) is 6.07 Å². The van der Waals surface area contributed by atoms with Crippen LogP contribution in [0.5, 0.6) is 11.5 Å². The fraction of sp³-hybridized carbons (Fsp3) is 0.292. The van der Waals surface area contributed by atoms with E-state index in [9.17, 15) is 22.8 Å². The monoisotopic (exact) mass is 473 g/mol. The lowest BCUT2D eigenvalue weighted by Gasteiger charge is -2.30. The van der Waals surface area contributed by atoms with Gasteiger partial charge in [0.15, 0.2) is 23.3 Å². The van der Waals surface area contributed by atoms with Crippen molar-refractivity contribution < 1.29 is 27.4 Å². The fourth-order valence-electron chi connectivity index (χ4n) is 3.74. The van der Waals surface area contributed by atoms with Gasteiger partial charge in [-0.2, -0.15) is 18.3 Å². The lowest BCUT2D eigenvalue weighted by atomic mass is 10.1. The molecule has 0 fully saturated rings. The number of halogens is 3. The second-order valence-corrected chi connectivity index (χ2v) is 7.77. The van der Waals surface area contributed by atoms with Crippen molar-refractivity contribution >= 4 is 5.91 Å². The van der Waals surface area contributed by atoms with Crippen molar-refractivity contribution in [2.45, 2.75) is 26.1 Å². The lowest BCUT2D eigenvalue weighted by Crippen LogP contribution is -2.45. The molecule has 2 heterocycles. The van der Waals surface area contributed by atoms with E-state index >= 15 is 0 Å². The van der Waals surface area contributed by atoms with Gasteiger partial charge in [-0.15, -0.1) is 0 Å². The Morgan fingerprint density at radius 2 is 1.82 bits per heavy atom. The van der Waals surface area contributed by atoms with Crippen LogP contribution < -0.4 is 14.9 Å². The first-order valence-electron chi connectivity index (χ1n) is 10.6. The molecular weight excluding hydrogens is 451 g/mol. The molecule has 34 heavy (non-hydrogen) atoms. The highest BCUT2D eigenvalue weighted by atomic mass is 19.4. The Hall–Kier alpha value is -3.82. The first-order valence-corrected chi connectivity index (χ1v) is 10.6. The minimum Gasteiger partial charge on any atom is -0.486 e. The summed E-state index contributed by atoms with van der Waals surface area (Å²) in [6.45, 7) is 3.72. The summed E-state index contributed by atoms with van der Waals surface area (Å²) < 4.78 is 53.2. The molecule has 7 nitrogen and oxygen atoms in total. The number of para-hydroxylation sites is 3. The summed E-state index contributed by atoms with van der Waals surface area (Å²) in [6.07, 6.45) is -5.13.